The summed E-state index contributed by atoms with van der Waals surface area (Å²) in [6.07, 6.45) is 5.60. The summed E-state index contributed by atoms with van der Waals surface area (Å²) in [7, 11) is -1.99. The Balaban J connectivity index is 1.72. The number of carbonyl (C=O) groups is 2. The van der Waals surface area contributed by atoms with Crippen LogP contribution in [0.4, 0.5) is 5.69 Å². The zero-order valence-electron chi connectivity index (χ0n) is 21.7. The Morgan fingerprint density at radius 1 is 1.14 bits per heavy atom. The summed E-state index contributed by atoms with van der Waals surface area (Å²) in [5, 5.41) is 3.51. The molecule has 0 aromatic heterocycles. The summed E-state index contributed by atoms with van der Waals surface area (Å²) in [6.45, 7) is 2.11. The Morgan fingerprint density at radius 3 is 2.41 bits per heavy atom. The van der Waals surface area contributed by atoms with Crippen LogP contribution in [-0.2, 0) is 26.2 Å². The summed E-state index contributed by atoms with van der Waals surface area (Å²) >= 11 is 6.06. The monoisotopic (exact) mass is 549 g/mol. The molecule has 1 N–H and O–H groups in total. The van der Waals surface area contributed by atoms with Crippen LogP contribution in [0.5, 0.6) is 5.75 Å². The third-order valence-corrected chi connectivity index (χ3v) is 8.06. The SMILES string of the molecule is COc1ccc(CN(C(=O)CCCN(c2cccc(Cl)c2)S(C)(=O)=O)[C@H](C)C(=O)NC2CCCC2)cc1. The number of nitrogens with one attached hydrogen (secondary N) is 1. The fraction of sp³-hybridized carbons (Fsp3) is 0.481. The molecule has 37 heavy (non-hydrogen) atoms. The van der Waals surface area contributed by atoms with Crippen LogP contribution in [0.3, 0.4) is 0 Å². The van der Waals surface area contributed by atoms with Crippen LogP contribution in [0.1, 0.15) is 51.0 Å². The number of nitrogens with zero attached hydrogens (tertiary/aromatic N) is 2. The Bertz CT molecular complexity index is 1170. The van der Waals surface area contributed by atoms with Crippen molar-refractivity contribution in [2.24, 2.45) is 0 Å². The summed E-state index contributed by atoms with van der Waals surface area (Å²) in [6, 6.07) is 13.4. The lowest BCUT2D eigenvalue weighted by Crippen LogP contribution is -2.49. The number of sulfonamides is 1. The van der Waals surface area contributed by atoms with Gasteiger partial charge in [0.15, 0.2) is 0 Å². The molecule has 0 bridgehead atoms. The van der Waals surface area contributed by atoms with Gasteiger partial charge in [0.25, 0.3) is 0 Å². The lowest BCUT2D eigenvalue weighted by atomic mass is 10.1. The maximum Gasteiger partial charge on any atom is 0.242 e. The number of benzene rings is 2. The summed E-state index contributed by atoms with van der Waals surface area (Å²) in [5.74, 6) is 0.311. The number of anilines is 1. The van der Waals surface area contributed by atoms with Gasteiger partial charge in [-0.25, -0.2) is 8.42 Å². The van der Waals surface area contributed by atoms with Gasteiger partial charge in [-0.2, -0.15) is 0 Å². The summed E-state index contributed by atoms with van der Waals surface area (Å²) < 4.78 is 31.3. The van der Waals surface area contributed by atoms with E-state index in [0.717, 1.165) is 37.5 Å². The van der Waals surface area contributed by atoms with Crippen LogP contribution in [0.2, 0.25) is 5.02 Å². The molecule has 2 aromatic carbocycles. The van der Waals surface area contributed by atoms with E-state index in [1.54, 1.807) is 43.2 Å². The van der Waals surface area contributed by atoms with Crippen molar-refractivity contribution in [3.8, 4) is 5.75 Å². The molecule has 0 radical (unpaired) electrons. The highest BCUT2D eigenvalue weighted by Gasteiger charge is 2.28. The van der Waals surface area contributed by atoms with Crippen LogP contribution in [0.15, 0.2) is 48.5 Å². The first-order valence-corrected chi connectivity index (χ1v) is 14.8. The van der Waals surface area contributed by atoms with Crippen molar-refractivity contribution >= 4 is 39.1 Å². The maximum absolute atomic E-state index is 13.4. The molecule has 1 aliphatic carbocycles. The average Bonchev–Trinajstić information content (AvgIpc) is 3.37. The van der Waals surface area contributed by atoms with Gasteiger partial charge >= 0.3 is 0 Å². The molecule has 10 heteroatoms. The molecule has 0 heterocycles. The predicted molar refractivity (Wildman–Crippen MR) is 146 cm³/mol. The lowest BCUT2D eigenvalue weighted by molar-refractivity contribution is -0.141. The quantitative estimate of drug-likeness (QED) is 0.424. The molecule has 1 atom stereocenters. The van der Waals surface area contributed by atoms with E-state index >= 15 is 0 Å². The highest BCUT2D eigenvalue weighted by atomic mass is 35.5. The molecule has 1 aliphatic rings. The largest absolute Gasteiger partial charge is 0.497 e. The zero-order chi connectivity index (χ0) is 27.0. The topological polar surface area (TPSA) is 96.0 Å². The molecule has 2 amide bonds. The van der Waals surface area contributed by atoms with Gasteiger partial charge in [0, 0.05) is 30.6 Å². The molecule has 0 saturated heterocycles. The van der Waals surface area contributed by atoms with E-state index in [9.17, 15) is 18.0 Å². The molecule has 0 aliphatic heterocycles. The number of rotatable bonds is 12. The Morgan fingerprint density at radius 2 is 1.81 bits per heavy atom. The molecule has 2 aromatic rings. The van der Waals surface area contributed by atoms with Crippen LogP contribution >= 0.6 is 11.6 Å². The molecule has 0 unspecified atom stereocenters. The Labute approximate surface area is 225 Å². The molecule has 8 nitrogen and oxygen atoms in total. The van der Waals surface area contributed by atoms with Crippen molar-refractivity contribution in [2.45, 2.75) is 64.1 Å². The third-order valence-electron chi connectivity index (χ3n) is 6.63. The van der Waals surface area contributed by atoms with Gasteiger partial charge in [0.1, 0.15) is 11.8 Å². The molecule has 0 spiro atoms. The van der Waals surface area contributed by atoms with Crippen molar-refractivity contribution < 1.29 is 22.7 Å². The van der Waals surface area contributed by atoms with Crippen LogP contribution in [0.25, 0.3) is 0 Å². The second-order valence-corrected chi connectivity index (χ2v) is 11.8. The minimum absolute atomic E-state index is 0.0871. The van der Waals surface area contributed by atoms with E-state index in [1.165, 1.54) is 4.31 Å². The van der Waals surface area contributed by atoms with E-state index in [2.05, 4.69) is 5.32 Å². The van der Waals surface area contributed by atoms with Crippen molar-refractivity contribution in [3.63, 3.8) is 0 Å². The molecular formula is C27H36ClN3O5S. The second-order valence-electron chi connectivity index (χ2n) is 9.45. The summed E-state index contributed by atoms with van der Waals surface area (Å²) in [5.41, 5.74) is 1.31. The second kappa shape index (κ2) is 13.1. The van der Waals surface area contributed by atoms with Crippen LogP contribution in [0, 0.1) is 0 Å². The minimum Gasteiger partial charge on any atom is -0.497 e. The fourth-order valence-electron chi connectivity index (χ4n) is 4.54. The van der Waals surface area contributed by atoms with E-state index in [1.807, 2.05) is 24.3 Å². The number of methoxy groups -OCH3 is 1. The Hall–Kier alpha value is -2.78. The fourth-order valence-corrected chi connectivity index (χ4v) is 5.68. The first kappa shape index (κ1) is 28.8. The van der Waals surface area contributed by atoms with Crippen molar-refractivity contribution in [1.29, 1.82) is 0 Å². The predicted octanol–water partition coefficient (Wildman–Crippen LogP) is 4.37. The minimum atomic E-state index is -3.58. The van der Waals surface area contributed by atoms with Crippen LogP contribution in [-0.4, -0.2) is 57.1 Å². The van der Waals surface area contributed by atoms with Crippen molar-refractivity contribution in [1.82, 2.24) is 10.2 Å². The third kappa shape index (κ3) is 8.36. The van der Waals surface area contributed by atoms with Gasteiger partial charge in [-0.05, 0) is 62.1 Å². The van der Waals surface area contributed by atoms with Gasteiger partial charge in [0.05, 0.1) is 19.1 Å². The van der Waals surface area contributed by atoms with Gasteiger partial charge in [0.2, 0.25) is 21.8 Å². The van der Waals surface area contributed by atoms with E-state index < -0.39 is 16.1 Å². The average molecular weight is 550 g/mol. The Kier molecular flexibility index (Phi) is 10.2. The first-order chi connectivity index (χ1) is 17.6. The lowest BCUT2D eigenvalue weighted by Gasteiger charge is -2.30. The maximum atomic E-state index is 13.4. The smallest absolute Gasteiger partial charge is 0.242 e. The van der Waals surface area contributed by atoms with Crippen LogP contribution < -0.4 is 14.4 Å². The van der Waals surface area contributed by atoms with Gasteiger partial charge in [-0.1, -0.05) is 42.6 Å². The molecule has 202 valence electrons. The van der Waals surface area contributed by atoms with Crippen molar-refractivity contribution in [3.05, 3.63) is 59.1 Å². The van der Waals surface area contributed by atoms with Gasteiger partial charge < -0.3 is 15.0 Å². The van der Waals surface area contributed by atoms with Crippen molar-refractivity contribution in [2.75, 3.05) is 24.2 Å². The summed E-state index contributed by atoms with van der Waals surface area (Å²) in [4.78, 5) is 28.0. The highest BCUT2D eigenvalue weighted by molar-refractivity contribution is 7.92. The number of amides is 2. The number of hydrogen-bond donors (Lipinski definition) is 1. The van der Waals surface area contributed by atoms with E-state index in [-0.39, 0.29) is 43.8 Å². The molecular weight excluding hydrogens is 514 g/mol. The molecule has 1 saturated carbocycles. The van der Waals surface area contributed by atoms with Gasteiger partial charge in [-0.3, -0.25) is 13.9 Å². The number of ether oxygens (including phenoxy) is 1. The molecule has 1 fully saturated rings. The number of halogens is 1. The first-order valence-electron chi connectivity index (χ1n) is 12.5. The normalized spacial score (nSPS) is 14.7. The van der Waals surface area contributed by atoms with E-state index in [0.29, 0.717) is 16.5 Å². The standard InChI is InChI=1S/C27H36ClN3O5S/c1-20(27(33)29-23-9-4-5-10-23)30(19-21-13-15-25(36-2)16-14-21)26(32)12-7-17-31(37(3,34)35)24-11-6-8-22(28)18-24/h6,8,11,13-16,18,20,23H,4-5,7,9-10,12,17,19H2,1-3H3,(H,29,33)/t20-/m1/s1. The number of hydrogen-bond acceptors (Lipinski definition) is 5. The molecule has 3 rings (SSSR count). The van der Waals surface area contributed by atoms with Gasteiger partial charge in [-0.15, -0.1) is 0 Å². The van der Waals surface area contributed by atoms with E-state index in [4.69, 9.17) is 16.3 Å². The highest BCUT2D eigenvalue weighted by Crippen LogP contribution is 2.23. The number of carbonyl (C=O) groups excluding carboxylic acids is 2. The zero-order valence-corrected chi connectivity index (χ0v) is 23.2.